The SMILES string of the molecule is C[C@@H]1CN(C(=O)C2CCN(C(=O)c3ccc(F)cc3)CC2)C[C@H](C)O1. The molecule has 0 aliphatic carbocycles. The zero-order valence-corrected chi connectivity index (χ0v) is 14.8. The monoisotopic (exact) mass is 348 g/mol. The Morgan fingerprint density at radius 2 is 1.56 bits per heavy atom. The number of piperidine rings is 1. The number of ether oxygens (including phenoxy) is 1. The van der Waals surface area contributed by atoms with Gasteiger partial charge in [-0.15, -0.1) is 0 Å². The lowest BCUT2D eigenvalue weighted by molar-refractivity contribution is -0.148. The van der Waals surface area contributed by atoms with Gasteiger partial charge in [0.2, 0.25) is 5.91 Å². The summed E-state index contributed by atoms with van der Waals surface area (Å²) >= 11 is 0. The molecule has 1 aromatic carbocycles. The van der Waals surface area contributed by atoms with Crippen molar-refractivity contribution in [3.63, 3.8) is 0 Å². The fourth-order valence-corrected chi connectivity index (χ4v) is 3.72. The number of rotatable bonds is 2. The molecule has 1 aromatic rings. The average molecular weight is 348 g/mol. The Morgan fingerprint density at radius 1 is 1.00 bits per heavy atom. The summed E-state index contributed by atoms with van der Waals surface area (Å²) in [4.78, 5) is 28.9. The Bertz CT molecular complexity index is 616. The van der Waals surface area contributed by atoms with Crippen LogP contribution >= 0.6 is 0 Å². The normalized spacial score (nSPS) is 25.1. The van der Waals surface area contributed by atoms with Crippen molar-refractivity contribution in [3.8, 4) is 0 Å². The highest BCUT2D eigenvalue weighted by Crippen LogP contribution is 2.23. The summed E-state index contributed by atoms with van der Waals surface area (Å²) in [7, 11) is 0. The highest BCUT2D eigenvalue weighted by molar-refractivity contribution is 5.94. The maximum absolute atomic E-state index is 13.0. The lowest BCUT2D eigenvalue weighted by Gasteiger charge is -2.39. The van der Waals surface area contributed by atoms with Gasteiger partial charge in [0, 0.05) is 37.7 Å². The van der Waals surface area contributed by atoms with Gasteiger partial charge in [0.25, 0.3) is 5.91 Å². The van der Waals surface area contributed by atoms with E-state index in [4.69, 9.17) is 4.74 Å². The zero-order valence-electron chi connectivity index (χ0n) is 14.8. The van der Waals surface area contributed by atoms with Crippen LogP contribution in [0.2, 0.25) is 0 Å². The van der Waals surface area contributed by atoms with Gasteiger partial charge in [0.1, 0.15) is 5.82 Å². The topological polar surface area (TPSA) is 49.9 Å². The van der Waals surface area contributed by atoms with Crippen LogP contribution in [-0.4, -0.2) is 60.0 Å². The fourth-order valence-electron chi connectivity index (χ4n) is 3.72. The number of halogens is 1. The predicted octanol–water partition coefficient (Wildman–Crippen LogP) is 2.31. The summed E-state index contributed by atoms with van der Waals surface area (Å²) in [6.45, 7) is 6.36. The van der Waals surface area contributed by atoms with Crippen LogP contribution in [0.4, 0.5) is 4.39 Å². The summed E-state index contributed by atoms with van der Waals surface area (Å²) in [5, 5.41) is 0. The van der Waals surface area contributed by atoms with Crippen molar-refractivity contribution in [3.05, 3.63) is 35.6 Å². The first-order valence-corrected chi connectivity index (χ1v) is 8.93. The summed E-state index contributed by atoms with van der Waals surface area (Å²) in [5.74, 6) is -0.306. The van der Waals surface area contributed by atoms with E-state index in [1.54, 1.807) is 4.90 Å². The van der Waals surface area contributed by atoms with E-state index < -0.39 is 0 Å². The Labute approximate surface area is 147 Å². The first kappa shape index (κ1) is 17.9. The quantitative estimate of drug-likeness (QED) is 0.824. The Morgan fingerprint density at radius 3 is 2.12 bits per heavy atom. The van der Waals surface area contributed by atoms with Crippen molar-refractivity contribution >= 4 is 11.8 Å². The Kier molecular flexibility index (Phi) is 5.37. The number of hydrogen-bond acceptors (Lipinski definition) is 3. The highest BCUT2D eigenvalue weighted by Gasteiger charge is 2.33. The lowest BCUT2D eigenvalue weighted by Crippen LogP contribution is -2.51. The van der Waals surface area contributed by atoms with Crippen molar-refractivity contribution in [1.29, 1.82) is 0 Å². The van der Waals surface area contributed by atoms with Crippen LogP contribution in [0.25, 0.3) is 0 Å². The molecule has 3 rings (SSSR count). The van der Waals surface area contributed by atoms with Crippen molar-refractivity contribution in [1.82, 2.24) is 9.80 Å². The van der Waals surface area contributed by atoms with Crippen LogP contribution in [0.15, 0.2) is 24.3 Å². The molecule has 5 nitrogen and oxygen atoms in total. The molecule has 0 aromatic heterocycles. The molecule has 0 radical (unpaired) electrons. The molecule has 2 heterocycles. The van der Waals surface area contributed by atoms with Gasteiger partial charge in [0.15, 0.2) is 0 Å². The minimum absolute atomic E-state index is 0.0326. The number of carbonyl (C=O) groups is 2. The van der Waals surface area contributed by atoms with Gasteiger partial charge in [0.05, 0.1) is 12.2 Å². The van der Waals surface area contributed by atoms with Crippen molar-refractivity contribution in [2.75, 3.05) is 26.2 Å². The number of hydrogen-bond donors (Lipinski definition) is 0. The van der Waals surface area contributed by atoms with Crippen LogP contribution in [0.3, 0.4) is 0 Å². The first-order valence-electron chi connectivity index (χ1n) is 8.93. The zero-order chi connectivity index (χ0) is 18.0. The second kappa shape index (κ2) is 7.52. The van der Waals surface area contributed by atoms with E-state index in [-0.39, 0.29) is 35.8 Å². The molecule has 2 fully saturated rings. The molecule has 136 valence electrons. The third-order valence-electron chi connectivity index (χ3n) is 4.95. The molecule has 0 unspecified atom stereocenters. The van der Waals surface area contributed by atoms with Gasteiger partial charge in [-0.05, 0) is 51.0 Å². The third-order valence-corrected chi connectivity index (χ3v) is 4.95. The summed E-state index contributed by atoms with van der Waals surface area (Å²) in [6.07, 6.45) is 1.47. The number of carbonyl (C=O) groups excluding carboxylic acids is 2. The molecular weight excluding hydrogens is 323 g/mol. The second-order valence-corrected chi connectivity index (χ2v) is 7.07. The maximum Gasteiger partial charge on any atom is 0.253 e. The van der Waals surface area contributed by atoms with E-state index in [0.717, 1.165) is 0 Å². The number of nitrogens with zero attached hydrogens (tertiary/aromatic N) is 2. The smallest absolute Gasteiger partial charge is 0.253 e. The molecule has 0 N–H and O–H groups in total. The summed E-state index contributed by atoms with van der Waals surface area (Å²) < 4.78 is 18.7. The average Bonchev–Trinajstić information content (AvgIpc) is 2.60. The third kappa shape index (κ3) is 4.18. The Hall–Kier alpha value is -1.95. The van der Waals surface area contributed by atoms with E-state index in [2.05, 4.69) is 0 Å². The molecule has 0 spiro atoms. The molecular formula is C19H25FN2O3. The van der Waals surface area contributed by atoms with Gasteiger partial charge in [-0.2, -0.15) is 0 Å². The standard InChI is InChI=1S/C19H25FN2O3/c1-13-11-22(12-14(2)25-13)19(24)16-7-9-21(10-8-16)18(23)15-3-5-17(20)6-4-15/h3-6,13-14,16H,7-12H2,1-2H3/t13-,14+. The highest BCUT2D eigenvalue weighted by atomic mass is 19.1. The summed E-state index contributed by atoms with van der Waals surface area (Å²) in [6, 6.07) is 5.60. The van der Waals surface area contributed by atoms with Crippen LogP contribution in [0.5, 0.6) is 0 Å². The fraction of sp³-hybridized carbons (Fsp3) is 0.579. The molecule has 2 aliphatic rings. The molecule has 2 aliphatic heterocycles. The van der Waals surface area contributed by atoms with Crippen molar-refractivity contribution in [2.45, 2.75) is 38.9 Å². The molecule has 2 atom stereocenters. The maximum atomic E-state index is 13.0. The van der Waals surface area contributed by atoms with Crippen LogP contribution in [0.1, 0.15) is 37.0 Å². The minimum atomic E-state index is -0.352. The predicted molar refractivity (Wildman–Crippen MR) is 91.6 cm³/mol. The van der Waals surface area contributed by atoms with E-state index in [1.807, 2.05) is 18.7 Å². The first-order chi connectivity index (χ1) is 11.9. The van der Waals surface area contributed by atoms with E-state index >= 15 is 0 Å². The van der Waals surface area contributed by atoms with Crippen molar-refractivity contribution < 1.29 is 18.7 Å². The van der Waals surface area contributed by atoms with E-state index in [0.29, 0.717) is 44.6 Å². The van der Waals surface area contributed by atoms with Gasteiger partial charge in [-0.3, -0.25) is 9.59 Å². The number of amides is 2. The summed E-state index contributed by atoms with van der Waals surface area (Å²) in [5.41, 5.74) is 0.488. The lowest BCUT2D eigenvalue weighted by atomic mass is 9.94. The largest absolute Gasteiger partial charge is 0.372 e. The number of benzene rings is 1. The molecule has 0 saturated carbocycles. The van der Waals surface area contributed by atoms with Gasteiger partial charge < -0.3 is 14.5 Å². The van der Waals surface area contributed by atoms with Crippen LogP contribution in [0, 0.1) is 11.7 Å². The minimum Gasteiger partial charge on any atom is -0.372 e. The molecule has 2 amide bonds. The van der Waals surface area contributed by atoms with Crippen molar-refractivity contribution in [2.24, 2.45) is 5.92 Å². The second-order valence-electron chi connectivity index (χ2n) is 7.07. The Balaban J connectivity index is 1.55. The van der Waals surface area contributed by atoms with E-state index in [1.165, 1.54) is 24.3 Å². The molecule has 6 heteroatoms. The molecule has 0 bridgehead atoms. The molecule has 25 heavy (non-hydrogen) atoms. The molecule has 2 saturated heterocycles. The van der Waals surface area contributed by atoms with Crippen LogP contribution < -0.4 is 0 Å². The number of morpholine rings is 1. The van der Waals surface area contributed by atoms with Gasteiger partial charge in [-0.25, -0.2) is 4.39 Å². The van der Waals surface area contributed by atoms with Gasteiger partial charge >= 0.3 is 0 Å². The van der Waals surface area contributed by atoms with Crippen LogP contribution in [-0.2, 0) is 9.53 Å². The number of likely N-dealkylation sites (tertiary alicyclic amines) is 1. The van der Waals surface area contributed by atoms with E-state index in [9.17, 15) is 14.0 Å². The van der Waals surface area contributed by atoms with Gasteiger partial charge in [-0.1, -0.05) is 0 Å².